The molecule has 0 bridgehead atoms. The summed E-state index contributed by atoms with van der Waals surface area (Å²) in [5.41, 5.74) is 6.22. The van der Waals surface area contributed by atoms with E-state index in [1.165, 1.54) is 17.2 Å². The zero-order chi connectivity index (χ0) is 20.1. The predicted molar refractivity (Wildman–Crippen MR) is 120 cm³/mol. The molecule has 144 valence electrons. The minimum Gasteiger partial charge on any atom is -0.206 e. The zero-order valence-corrected chi connectivity index (χ0v) is 17.4. The van der Waals surface area contributed by atoms with Crippen molar-refractivity contribution in [2.24, 2.45) is 5.92 Å². The molecule has 0 spiro atoms. The molecule has 1 aliphatic rings. The van der Waals surface area contributed by atoms with E-state index in [0.29, 0.717) is 22.9 Å². The van der Waals surface area contributed by atoms with Gasteiger partial charge in [0.05, 0.1) is 0 Å². The van der Waals surface area contributed by atoms with Gasteiger partial charge in [-0.2, -0.15) is 0 Å². The van der Waals surface area contributed by atoms with Gasteiger partial charge in [0.25, 0.3) is 0 Å². The van der Waals surface area contributed by atoms with Crippen molar-refractivity contribution in [3.8, 4) is 0 Å². The van der Waals surface area contributed by atoms with Crippen molar-refractivity contribution in [1.29, 1.82) is 0 Å². The number of allylic oxidation sites excluding steroid dienone is 8. The van der Waals surface area contributed by atoms with Crippen LogP contribution in [0.15, 0.2) is 72.9 Å². The van der Waals surface area contributed by atoms with E-state index >= 15 is 0 Å². The summed E-state index contributed by atoms with van der Waals surface area (Å²) in [7, 11) is 0. The Morgan fingerprint density at radius 1 is 1.11 bits per heavy atom. The molecule has 0 amide bonds. The Balaban J connectivity index is 2.04. The van der Waals surface area contributed by atoms with Crippen LogP contribution in [0.3, 0.4) is 0 Å². The van der Waals surface area contributed by atoms with Gasteiger partial charge in [0.15, 0.2) is 0 Å². The van der Waals surface area contributed by atoms with Crippen molar-refractivity contribution in [3.05, 3.63) is 106 Å². The second kappa shape index (κ2) is 9.21. The van der Waals surface area contributed by atoms with Crippen molar-refractivity contribution in [2.75, 3.05) is 0 Å². The molecule has 0 radical (unpaired) electrons. The Bertz CT molecular complexity index is 974. The molecule has 3 rings (SSSR count). The van der Waals surface area contributed by atoms with Gasteiger partial charge in [-0.3, -0.25) is 0 Å². The van der Waals surface area contributed by atoms with Gasteiger partial charge in [-0.15, -0.1) is 0 Å². The Kier molecular flexibility index (Phi) is 6.70. The third-order valence-corrected chi connectivity index (χ3v) is 5.16. The Labute approximate surface area is 172 Å². The van der Waals surface area contributed by atoms with E-state index < -0.39 is 0 Å². The normalized spacial score (nSPS) is 14.4. The maximum atomic E-state index is 14.6. The fraction of sp³-hybridized carbons (Fsp3) is 0.231. The highest BCUT2D eigenvalue weighted by Crippen LogP contribution is 2.35. The lowest BCUT2D eigenvalue weighted by Crippen LogP contribution is -1.96. The minimum atomic E-state index is -0.243. The molecule has 0 N–H and O–H groups in total. The van der Waals surface area contributed by atoms with E-state index in [1.54, 1.807) is 12.1 Å². The van der Waals surface area contributed by atoms with Crippen LogP contribution in [0.5, 0.6) is 0 Å². The van der Waals surface area contributed by atoms with Crippen LogP contribution in [0.1, 0.15) is 42.5 Å². The monoisotopic (exact) mass is 392 g/mol. The first-order chi connectivity index (χ1) is 13.5. The first kappa shape index (κ1) is 20.4. The zero-order valence-electron chi connectivity index (χ0n) is 16.7. The highest BCUT2D eigenvalue weighted by atomic mass is 35.5. The van der Waals surface area contributed by atoms with E-state index in [9.17, 15) is 4.39 Å². The number of hydrogen-bond donors (Lipinski definition) is 0. The molecular formula is C26H26ClF. The number of benzene rings is 2. The summed E-state index contributed by atoms with van der Waals surface area (Å²) in [5, 5.41) is 0.545. The van der Waals surface area contributed by atoms with Gasteiger partial charge >= 0.3 is 0 Å². The molecule has 1 aliphatic carbocycles. The Morgan fingerprint density at radius 3 is 2.68 bits per heavy atom. The summed E-state index contributed by atoms with van der Waals surface area (Å²) in [6.45, 7) is 6.50. The average Bonchev–Trinajstić information content (AvgIpc) is 2.90. The van der Waals surface area contributed by atoms with E-state index in [1.807, 2.05) is 12.2 Å². The maximum absolute atomic E-state index is 14.6. The molecule has 0 nitrogen and oxygen atoms in total. The summed E-state index contributed by atoms with van der Waals surface area (Å²) >= 11 is 6.16. The van der Waals surface area contributed by atoms with Crippen LogP contribution in [0, 0.1) is 18.7 Å². The summed E-state index contributed by atoms with van der Waals surface area (Å²) in [6, 6.07) is 11.3. The largest absolute Gasteiger partial charge is 0.206 e. The van der Waals surface area contributed by atoms with Crippen LogP contribution in [0.25, 0.3) is 11.1 Å². The Morgan fingerprint density at radius 2 is 1.93 bits per heavy atom. The lowest BCUT2D eigenvalue weighted by Gasteiger charge is -2.15. The lowest BCUT2D eigenvalue weighted by atomic mass is 9.90. The minimum absolute atomic E-state index is 0.243. The molecule has 0 fully saturated rings. The number of aryl methyl sites for hydroxylation is 1. The first-order valence-electron chi connectivity index (χ1n) is 9.74. The second-order valence-electron chi connectivity index (χ2n) is 7.53. The molecule has 0 saturated carbocycles. The lowest BCUT2D eigenvalue weighted by molar-refractivity contribution is 0.623. The van der Waals surface area contributed by atoms with Crippen LogP contribution in [-0.4, -0.2) is 0 Å². The summed E-state index contributed by atoms with van der Waals surface area (Å²) in [4.78, 5) is 0. The highest BCUT2D eigenvalue weighted by molar-refractivity contribution is 6.30. The van der Waals surface area contributed by atoms with E-state index in [2.05, 4.69) is 63.3 Å². The molecular weight excluding hydrogens is 367 g/mol. The first-order valence-corrected chi connectivity index (χ1v) is 10.1. The van der Waals surface area contributed by atoms with Gasteiger partial charge in [-0.05, 0) is 71.7 Å². The van der Waals surface area contributed by atoms with Crippen LogP contribution in [0.4, 0.5) is 4.39 Å². The standard InChI is InChI=1S/C26H26ClF/c1-18(2)8-7-9-20-12-13-21(16-19(20)3)23-10-5-4-6-11-24(23)25-17-22(27)14-15-26(25)28/h4-8,10,12-18H,9,11H2,1-3H3. The van der Waals surface area contributed by atoms with Crippen LogP contribution in [0.2, 0.25) is 5.02 Å². The molecule has 0 unspecified atom stereocenters. The topological polar surface area (TPSA) is 0 Å². The number of halogens is 2. The highest BCUT2D eigenvalue weighted by Gasteiger charge is 2.15. The third-order valence-electron chi connectivity index (χ3n) is 4.92. The van der Waals surface area contributed by atoms with Gasteiger partial charge in [-0.1, -0.05) is 80.1 Å². The SMILES string of the molecule is Cc1cc(C2=C(c3cc(Cl)ccc3F)CC=CC=C2)ccc1CC=CC(C)C. The van der Waals surface area contributed by atoms with Crippen molar-refractivity contribution in [3.63, 3.8) is 0 Å². The number of hydrogen-bond acceptors (Lipinski definition) is 0. The quantitative estimate of drug-likeness (QED) is 0.452. The van der Waals surface area contributed by atoms with Crippen molar-refractivity contribution in [2.45, 2.75) is 33.6 Å². The molecule has 0 aliphatic heterocycles. The van der Waals surface area contributed by atoms with E-state index in [-0.39, 0.29) is 5.82 Å². The summed E-state index contributed by atoms with van der Waals surface area (Å²) < 4.78 is 14.6. The second-order valence-corrected chi connectivity index (χ2v) is 7.96. The van der Waals surface area contributed by atoms with Crippen LogP contribution < -0.4 is 0 Å². The molecule has 0 aromatic heterocycles. The molecule has 2 aromatic rings. The van der Waals surface area contributed by atoms with Gasteiger partial charge in [0, 0.05) is 10.6 Å². The molecule has 0 atom stereocenters. The van der Waals surface area contributed by atoms with Crippen LogP contribution in [-0.2, 0) is 6.42 Å². The van der Waals surface area contributed by atoms with Crippen molar-refractivity contribution in [1.82, 2.24) is 0 Å². The summed E-state index contributed by atoms with van der Waals surface area (Å²) in [5.74, 6) is 0.316. The van der Waals surface area contributed by atoms with Gasteiger partial charge < -0.3 is 0 Å². The molecule has 0 heterocycles. The van der Waals surface area contributed by atoms with Crippen LogP contribution >= 0.6 is 11.6 Å². The molecule has 0 saturated heterocycles. The van der Waals surface area contributed by atoms with Crippen molar-refractivity contribution >= 4 is 22.7 Å². The number of rotatable bonds is 5. The Hall–Kier alpha value is -2.38. The fourth-order valence-electron chi connectivity index (χ4n) is 3.44. The predicted octanol–water partition coefficient (Wildman–Crippen LogP) is 7.97. The fourth-order valence-corrected chi connectivity index (χ4v) is 3.61. The van der Waals surface area contributed by atoms with Gasteiger partial charge in [0.2, 0.25) is 0 Å². The molecule has 2 heteroatoms. The van der Waals surface area contributed by atoms with Gasteiger partial charge in [0.1, 0.15) is 5.82 Å². The van der Waals surface area contributed by atoms with E-state index in [4.69, 9.17) is 11.6 Å². The van der Waals surface area contributed by atoms with Gasteiger partial charge in [-0.25, -0.2) is 4.39 Å². The maximum Gasteiger partial charge on any atom is 0.130 e. The van der Waals surface area contributed by atoms with E-state index in [0.717, 1.165) is 23.1 Å². The molecule has 2 aromatic carbocycles. The summed E-state index contributed by atoms with van der Waals surface area (Å²) in [6.07, 6.45) is 14.2. The molecule has 28 heavy (non-hydrogen) atoms. The smallest absolute Gasteiger partial charge is 0.130 e. The third kappa shape index (κ3) is 4.91. The average molecular weight is 393 g/mol. The van der Waals surface area contributed by atoms with Crippen molar-refractivity contribution < 1.29 is 4.39 Å².